The molecule has 1 amide bonds. The Bertz CT molecular complexity index is 702. The van der Waals surface area contributed by atoms with E-state index in [1.54, 1.807) is 13.0 Å². The Kier molecular flexibility index (Phi) is 4.47. The van der Waals surface area contributed by atoms with Crippen LogP contribution in [0.4, 0.5) is 10.1 Å². The SMILES string of the molecule is Cc1cc(C)c(C(=O)Nc2cc(Br)c(F)cc2C)c(C)c1. The van der Waals surface area contributed by atoms with Crippen molar-refractivity contribution in [3.8, 4) is 0 Å². The number of rotatable bonds is 2. The lowest BCUT2D eigenvalue weighted by Gasteiger charge is -2.13. The number of aryl methyl sites for hydroxylation is 4. The van der Waals surface area contributed by atoms with Gasteiger partial charge in [0.15, 0.2) is 0 Å². The predicted molar refractivity (Wildman–Crippen MR) is 87.4 cm³/mol. The lowest BCUT2D eigenvalue weighted by Crippen LogP contribution is -2.16. The number of hydrogen-bond acceptors (Lipinski definition) is 1. The van der Waals surface area contributed by atoms with Crippen LogP contribution < -0.4 is 5.32 Å². The minimum Gasteiger partial charge on any atom is -0.322 e. The highest BCUT2D eigenvalue weighted by atomic mass is 79.9. The topological polar surface area (TPSA) is 29.1 Å². The number of benzene rings is 2. The standard InChI is InChI=1S/C17H17BrFNO/c1-9-5-11(3)16(12(4)6-9)17(21)20-15-8-13(18)14(19)7-10(15)2/h5-8H,1-4H3,(H,20,21). The maximum Gasteiger partial charge on any atom is 0.256 e. The third-order valence-corrected chi connectivity index (χ3v) is 4.03. The summed E-state index contributed by atoms with van der Waals surface area (Å²) in [4.78, 5) is 12.5. The molecule has 0 atom stereocenters. The van der Waals surface area contributed by atoms with Gasteiger partial charge in [0, 0.05) is 11.3 Å². The van der Waals surface area contributed by atoms with Gasteiger partial charge in [0.1, 0.15) is 5.82 Å². The van der Waals surface area contributed by atoms with Crippen LogP contribution in [-0.4, -0.2) is 5.91 Å². The lowest BCUT2D eigenvalue weighted by atomic mass is 9.99. The molecule has 4 heteroatoms. The molecule has 110 valence electrons. The Labute approximate surface area is 132 Å². The van der Waals surface area contributed by atoms with E-state index in [1.165, 1.54) is 6.07 Å². The maximum atomic E-state index is 13.4. The summed E-state index contributed by atoms with van der Waals surface area (Å²) >= 11 is 3.14. The van der Waals surface area contributed by atoms with Gasteiger partial charge in [-0.05, 0) is 72.4 Å². The molecule has 2 aromatic rings. The lowest BCUT2D eigenvalue weighted by molar-refractivity contribution is 0.102. The fourth-order valence-corrected chi connectivity index (χ4v) is 2.85. The zero-order chi connectivity index (χ0) is 15.7. The van der Waals surface area contributed by atoms with Crippen LogP contribution in [0.15, 0.2) is 28.7 Å². The van der Waals surface area contributed by atoms with Gasteiger partial charge in [0.05, 0.1) is 4.47 Å². The first-order valence-electron chi connectivity index (χ1n) is 6.64. The fraction of sp³-hybridized carbons (Fsp3) is 0.235. The van der Waals surface area contributed by atoms with Crippen LogP contribution >= 0.6 is 15.9 Å². The molecule has 0 aliphatic carbocycles. The molecule has 0 aliphatic rings. The quantitative estimate of drug-likeness (QED) is 0.805. The number of nitrogens with one attached hydrogen (secondary N) is 1. The summed E-state index contributed by atoms with van der Waals surface area (Å²) in [5.41, 5.74) is 4.95. The van der Waals surface area contributed by atoms with Gasteiger partial charge in [-0.15, -0.1) is 0 Å². The van der Waals surface area contributed by atoms with Gasteiger partial charge >= 0.3 is 0 Å². The van der Waals surface area contributed by atoms with Crippen LogP contribution in [0.3, 0.4) is 0 Å². The van der Waals surface area contributed by atoms with E-state index in [0.717, 1.165) is 16.7 Å². The normalized spacial score (nSPS) is 10.6. The molecule has 0 unspecified atom stereocenters. The molecule has 0 spiro atoms. The second-order valence-electron chi connectivity index (χ2n) is 5.31. The Balaban J connectivity index is 2.37. The highest BCUT2D eigenvalue weighted by molar-refractivity contribution is 9.10. The molecule has 0 aromatic heterocycles. The van der Waals surface area contributed by atoms with Crippen molar-refractivity contribution in [2.45, 2.75) is 27.7 Å². The van der Waals surface area contributed by atoms with Crippen molar-refractivity contribution >= 4 is 27.5 Å². The predicted octanol–water partition coefficient (Wildman–Crippen LogP) is 5.07. The van der Waals surface area contributed by atoms with Crippen molar-refractivity contribution in [1.29, 1.82) is 0 Å². The average Bonchev–Trinajstić information content (AvgIpc) is 2.34. The third-order valence-electron chi connectivity index (χ3n) is 3.42. The summed E-state index contributed by atoms with van der Waals surface area (Å²) in [6.45, 7) is 7.60. The van der Waals surface area contributed by atoms with Crippen LogP contribution in [-0.2, 0) is 0 Å². The number of anilines is 1. The maximum absolute atomic E-state index is 13.4. The average molecular weight is 350 g/mol. The zero-order valence-electron chi connectivity index (χ0n) is 12.5. The van der Waals surface area contributed by atoms with Gasteiger partial charge in [0.2, 0.25) is 0 Å². The van der Waals surface area contributed by atoms with Crippen molar-refractivity contribution in [2.75, 3.05) is 5.32 Å². The van der Waals surface area contributed by atoms with Crippen LogP contribution in [0.25, 0.3) is 0 Å². The number of hydrogen-bond donors (Lipinski definition) is 1. The molecule has 21 heavy (non-hydrogen) atoms. The van der Waals surface area contributed by atoms with E-state index < -0.39 is 0 Å². The van der Waals surface area contributed by atoms with Gasteiger partial charge in [0.25, 0.3) is 5.91 Å². The van der Waals surface area contributed by atoms with Crippen molar-refractivity contribution < 1.29 is 9.18 Å². The van der Waals surface area contributed by atoms with Crippen LogP contribution in [0.5, 0.6) is 0 Å². The highest BCUT2D eigenvalue weighted by Gasteiger charge is 2.15. The van der Waals surface area contributed by atoms with Crippen LogP contribution in [0, 0.1) is 33.5 Å². The molecule has 1 N–H and O–H groups in total. The largest absolute Gasteiger partial charge is 0.322 e. The third kappa shape index (κ3) is 3.32. The Morgan fingerprint density at radius 2 is 1.57 bits per heavy atom. The molecule has 0 saturated carbocycles. The van der Waals surface area contributed by atoms with Gasteiger partial charge < -0.3 is 5.32 Å². The molecule has 2 nitrogen and oxygen atoms in total. The van der Waals surface area contributed by atoms with E-state index in [9.17, 15) is 9.18 Å². The second-order valence-corrected chi connectivity index (χ2v) is 6.16. The summed E-state index contributed by atoms with van der Waals surface area (Å²) in [6.07, 6.45) is 0. The molecule has 2 aromatic carbocycles. The van der Waals surface area contributed by atoms with E-state index >= 15 is 0 Å². The van der Waals surface area contributed by atoms with Crippen LogP contribution in [0.1, 0.15) is 32.6 Å². The minimum absolute atomic E-state index is 0.174. The van der Waals surface area contributed by atoms with Crippen molar-refractivity contribution in [3.05, 3.63) is 62.4 Å². The fourth-order valence-electron chi connectivity index (χ4n) is 2.50. The summed E-state index contributed by atoms with van der Waals surface area (Å²) in [7, 11) is 0. The first-order valence-corrected chi connectivity index (χ1v) is 7.43. The summed E-state index contributed by atoms with van der Waals surface area (Å²) in [5, 5.41) is 2.86. The number of halogens is 2. The minimum atomic E-state index is -0.340. The molecular weight excluding hydrogens is 333 g/mol. The van der Waals surface area contributed by atoms with Gasteiger partial charge in [-0.1, -0.05) is 17.7 Å². The molecular formula is C17H17BrFNO. The molecule has 0 aliphatic heterocycles. The first-order chi connectivity index (χ1) is 9.79. The summed E-state index contributed by atoms with van der Waals surface area (Å²) in [5.74, 6) is -0.514. The highest BCUT2D eigenvalue weighted by Crippen LogP contribution is 2.25. The zero-order valence-corrected chi connectivity index (χ0v) is 14.1. The van der Waals surface area contributed by atoms with E-state index in [-0.39, 0.29) is 11.7 Å². The van der Waals surface area contributed by atoms with Gasteiger partial charge in [-0.3, -0.25) is 4.79 Å². The van der Waals surface area contributed by atoms with Crippen molar-refractivity contribution in [3.63, 3.8) is 0 Å². The molecule has 0 saturated heterocycles. The Hall–Kier alpha value is -1.68. The molecule has 0 heterocycles. The number of carbonyl (C=O) groups is 1. The van der Waals surface area contributed by atoms with Crippen molar-refractivity contribution in [1.82, 2.24) is 0 Å². The van der Waals surface area contributed by atoms with E-state index in [1.807, 2.05) is 32.9 Å². The number of amides is 1. The summed E-state index contributed by atoms with van der Waals surface area (Å²) in [6, 6.07) is 6.95. The Morgan fingerprint density at radius 3 is 2.14 bits per heavy atom. The van der Waals surface area contributed by atoms with E-state index in [0.29, 0.717) is 21.3 Å². The van der Waals surface area contributed by atoms with E-state index in [4.69, 9.17) is 0 Å². The molecule has 0 radical (unpaired) electrons. The smallest absolute Gasteiger partial charge is 0.256 e. The monoisotopic (exact) mass is 349 g/mol. The van der Waals surface area contributed by atoms with Crippen LogP contribution in [0.2, 0.25) is 0 Å². The first kappa shape index (κ1) is 15.7. The second kappa shape index (κ2) is 5.98. The Morgan fingerprint density at radius 1 is 1.00 bits per heavy atom. The number of carbonyl (C=O) groups excluding carboxylic acids is 1. The summed E-state index contributed by atoms with van der Waals surface area (Å²) < 4.78 is 13.8. The molecule has 0 fully saturated rings. The van der Waals surface area contributed by atoms with E-state index in [2.05, 4.69) is 21.2 Å². The molecule has 2 rings (SSSR count). The van der Waals surface area contributed by atoms with Gasteiger partial charge in [-0.2, -0.15) is 0 Å². The van der Waals surface area contributed by atoms with Gasteiger partial charge in [-0.25, -0.2) is 4.39 Å². The van der Waals surface area contributed by atoms with Crippen molar-refractivity contribution in [2.24, 2.45) is 0 Å². The molecule has 0 bridgehead atoms.